The normalized spacial score (nSPS) is 10.3. The standard InChI is InChI=1S/C17H15ClN2O/c18-17-11-16(19-12-15(17)13-20-21)10-6-2-5-9-14-7-3-1-4-8-14/h1,3-4,7-8,11-13,21H,2,5,9H2/b20-13+. The van der Waals surface area contributed by atoms with Crippen LogP contribution in [0.2, 0.25) is 5.02 Å². The van der Waals surface area contributed by atoms with Crippen LogP contribution in [0, 0.1) is 11.8 Å². The Labute approximate surface area is 129 Å². The van der Waals surface area contributed by atoms with Gasteiger partial charge in [0.25, 0.3) is 0 Å². The van der Waals surface area contributed by atoms with Crippen molar-refractivity contribution in [2.75, 3.05) is 0 Å². The Morgan fingerprint density at radius 3 is 2.81 bits per heavy atom. The Kier molecular flexibility index (Phi) is 5.81. The maximum atomic E-state index is 8.46. The lowest BCUT2D eigenvalue weighted by molar-refractivity contribution is 0.322. The maximum absolute atomic E-state index is 8.46. The van der Waals surface area contributed by atoms with E-state index in [0.29, 0.717) is 16.3 Å². The van der Waals surface area contributed by atoms with Gasteiger partial charge in [0.15, 0.2) is 0 Å². The lowest BCUT2D eigenvalue weighted by atomic mass is 10.1. The van der Waals surface area contributed by atoms with Crippen LogP contribution >= 0.6 is 11.6 Å². The minimum Gasteiger partial charge on any atom is -0.411 e. The summed E-state index contributed by atoms with van der Waals surface area (Å²) in [5.74, 6) is 6.08. The van der Waals surface area contributed by atoms with E-state index in [0.717, 1.165) is 19.3 Å². The summed E-state index contributed by atoms with van der Waals surface area (Å²) in [4.78, 5) is 4.15. The van der Waals surface area contributed by atoms with Crippen molar-refractivity contribution < 1.29 is 5.21 Å². The largest absolute Gasteiger partial charge is 0.411 e. The van der Waals surface area contributed by atoms with Crippen molar-refractivity contribution in [1.82, 2.24) is 4.98 Å². The highest BCUT2D eigenvalue weighted by molar-refractivity contribution is 6.33. The summed E-state index contributed by atoms with van der Waals surface area (Å²) in [6.45, 7) is 0. The van der Waals surface area contributed by atoms with Crippen LogP contribution in [0.15, 0.2) is 47.8 Å². The van der Waals surface area contributed by atoms with Gasteiger partial charge >= 0.3 is 0 Å². The monoisotopic (exact) mass is 298 g/mol. The SMILES string of the molecule is O/N=C/c1cnc(C#CCCCc2ccccc2)cc1Cl. The summed E-state index contributed by atoms with van der Waals surface area (Å²) in [7, 11) is 0. The fraction of sp³-hybridized carbons (Fsp3) is 0.176. The number of hydrogen-bond donors (Lipinski definition) is 1. The van der Waals surface area contributed by atoms with Gasteiger partial charge in [0.05, 0.1) is 11.2 Å². The van der Waals surface area contributed by atoms with Crippen molar-refractivity contribution >= 4 is 17.8 Å². The van der Waals surface area contributed by atoms with Crippen LogP contribution < -0.4 is 0 Å². The first-order chi connectivity index (χ1) is 10.3. The van der Waals surface area contributed by atoms with E-state index in [4.69, 9.17) is 16.8 Å². The molecule has 0 aliphatic heterocycles. The van der Waals surface area contributed by atoms with Gasteiger partial charge in [-0.3, -0.25) is 0 Å². The first-order valence-corrected chi connectivity index (χ1v) is 7.03. The number of rotatable bonds is 4. The van der Waals surface area contributed by atoms with Gasteiger partial charge in [0, 0.05) is 18.2 Å². The van der Waals surface area contributed by atoms with Crippen molar-refractivity contribution in [3.63, 3.8) is 0 Å². The molecule has 0 saturated heterocycles. The minimum absolute atomic E-state index is 0.469. The first kappa shape index (κ1) is 15.1. The van der Waals surface area contributed by atoms with Gasteiger partial charge in [0.1, 0.15) is 5.69 Å². The molecule has 4 heteroatoms. The van der Waals surface area contributed by atoms with Crippen LogP contribution in [-0.4, -0.2) is 16.4 Å². The highest BCUT2D eigenvalue weighted by Crippen LogP contribution is 2.13. The second-order valence-corrected chi connectivity index (χ2v) is 4.88. The van der Waals surface area contributed by atoms with Gasteiger partial charge in [-0.2, -0.15) is 0 Å². The first-order valence-electron chi connectivity index (χ1n) is 6.65. The molecule has 1 aromatic carbocycles. The molecule has 106 valence electrons. The van der Waals surface area contributed by atoms with Gasteiger partial charge in [-0.15, -0.1) is 0 Å². The van der Waals surface area contributed by atoms with Crippen molar-refractivity contribution in [2.24, 2.45) is 5.16 Å². The molecule has 0 unspecified atom stereocenters. The molecule has 0 amide bonds. The molecular formula is C17H15ClN2O. The lowest BCUT2D eigenvalue weighted by Crippen LogP contribution is -1.89. The molecule has 0 aliphatic rings. The van der Waals surface area contributed by atoms with E-state index in [2.05, 4.69) is 34.1 Å². The van der Waals surface area contributed by atoms with Crippen molar-refractivity contribution in [2.45, 2.75) is 19.3 Å². The number of halogens is 1. The van der Waals surface area contributed by atoms with Crippen LogP contribution in [0.3, 0.4) is 0 Å². The number of oxime groups is 1. The van der Waals surface area contributed by atoms with Crippen LogP contribution in [-0.2, 0) is 6.42 Å². The van der Waals surface area contributed by atoms with Crippen LogP contribution in [0.5, 0.6) is 0 Å². The number of aromatic nitrogens is 1. The van der Waals surface area contributed by atoms with Crippen molar-refractivity contribution in [3.05, 3.63) is 64.4 Å². The average molecular weight is 299 g/mol. The number of unbranched alkanes of at least 4 members (excludes halogenated alkanes) is 1. The fourth-order valence-corrected chi connectivity index (χ4v) is 2.05. The lowest BCUT2D eigenvalue weighted by Gasteiger charge is -1.97. The summed E-state index contributed by atoms with van der Waals surface area (Å²) in [5, 5.41) is 11.9. The molecular weight excluding hydrogens is 284 g/mol. The van der Waals surface area contributed by atoms with Crippen molar-refractivity contribution in [1.29, 1.82) is 0 Å². The third-order valence-corrected chi connectivity index (χ3v) is 3.23. The zero-order valence-corrected chi connectivity index (χ0v) is 12.2. The Morgan fingerprint density at radius 1 is 1.29 bits per heavy atom. The summed E-state index contributed by atoms with van der Waals surface area (Å²) in [6, 6.07) is 12.0. The smallest absolute Gasteiger partial charge is 0.114 e. The molecule has 0 radical (unpaired) electrons. The molecule has 3 nitrogen and oxygen atoms in total. The van der Waals surface area contributed by atoms with Crippen molar-refractivity contribution in [3.8, 4) is 11.8 Å². The molecule has 2 aromatic rings. The van der Waals surface area contributed by atoms with E-state index in [1.165, 1.54) is 18.0 Å². The molecule has 2 rings (SSSR count). The van der Waals surface area contributed by atoms with Crippen LogP contribution in [0.1, 0.15) is 29.7 Å². The Hall–Kier alpha value is -2.31. The average Bonchev–Trinajstić information content (AvgIpc) is 2.51. The van der Waals surface area contributed by atoms with Gasteiger partial charge in [0.2, 0.25) is 0 Å². The number of hydrogen-bond acceptors (Lipinski definition) is 3. The van der Waals surface area contributed by atoms with E-state index < -0.39 is 0 Å². The molecule has 0 bridgehead atoms. The summed E-state index contributed by atoms with van der Waals surface area (Å²) in [6.07, 6.45) is 5.63. The van der Waals surface area contributed by atoms with Crippen LogP contribution in [0.4, 0.5) is 0 Å². The van der Waals surface area contributed by atoms with E-state index >= 15 is 0 Å². The molecule has 1 N–H and O–H groups in total. The summed E-state index contributed by atoms with van der Waals surface area (Å²) < 4.78 is 0. The number of nitrogens with zero attached hydrogens (tertiary/aromatic N) is 2. The third-order valence-electron chi connectivity index (χ3n) is 2.91. The molecule has 0 atom stereocenters. The van der Waals surface area contributed by atoms with Gasteiger partial charge in [-0.1, -0.05) is 53.0 Å². The number of aryl methyl sites for hydroxylation is 1. The quantitative estimate of drug-likeness (QED) is 0.306. The molecule has 1 aromatic heterocycles. The zero-order valence-electron chi connectivity index (χ0n) is 11.5. The van der Waals surface area contributed by atoms with Crippen LogP contribution in [0.25, 0.3) is 0 Å². The molecule has 0 spiro atoms. The number of benzene rings is 1. The Balaban J connectivity index is 1.87. The van der Waals surface area contributed by atoms with Gasteiger partial charge in [-0.05, 0) is 30.4 Å². The van der Waals surface area contributed by atoms with Gasteiger partial charge < -0.3 is 5.21 Å². The molecule has 0 aliphatic carbocycles. The predicted molar refractivity (Wildman–Crippen MR) is 84.9 cm³/mol. The zero-order chi connectivity index (χ0) is 14.9. The highest BCUT2D eigenvalue weighted by Gasteiger charge is 1.99. The van der Waals surface area contributed by atoms with E-state index in [1.807, 2.05) is 18.2 Å². The Morgan fingerprint density at radius 2 is 2.10 bits per heavy atom. The van der Waals surface area contributed by atoms with E-state index in [9.17, 15) is 0 Å². The number of pyridine rings is 1. The topological polar surface area (TPSA) is 45.5 Å². The molecule has 1 heterocycles. The highest BCUT2D eigenvalue weighted by atomic mass is 35.5. The van der Waals surface area contributed by atoms with Gasteiger partial charge in [-0.25, -0.2) is 4.98 Å². The summed E-state index contributed by atoms with van der Waals surface area (Å²) >= 11 is 6.02. The predicted octanol–water partition coefficient (Wildman–Crippen LogP) is 3.92. The maximum Gasteiger partial charge on any atom is 0.114 e. The minimum atomic E-state index is 0.469. The molecule has 0 fully saturated rings. The van der Waals surface area contributed by atoms with E-state index in [-0.39, 0.29) is 0 Å². The fourth-order valence-electron chi connectivity index (χ4n) is 1.85. The molecule has 0 saturated carbocycles. The second-order valence-electron chi connectivity index (χ2n) is 4.48. The summed E-state index contributed by atoms with van der Waals surface area (Å²) in [5.41, 5.74) is 2.51. The second kappa shape index (κ2) is 8.08. The van der Waals surface area contributed by atoms with E-state index in [1.54, 1.807) is 6.07 Å². The Bertz CT molecular complexity index is 672. The third kappa shape index (κ3) is 4.94. The molecule has 21 heavy (non-hydrogen) atoms.